The molecule has 4 aromatic rings. The zero-order valence-electron chi connectivity index (χ0n) is 16.5. The molecule has 4 rings (SSSR count). The van der Waals surface area contributed by atoms with Crippen LogP contribution in [0.1, 0.15) is 21.1 Å². The molecule has 0 saturated carbocycles. The van der Waals surface area contributed by atoms with E-state index < -0.39 is 5.91 Å². The van der Waals surface area contributed by atoms with Gasteiger partial charge in [0, 0.05) is 0 Å². The number of benzene rings is 1. The number of carbonyl (C=O) groups excluding carboxylic acids is 1. The molecule has 0 aliphatic carbocycles. The van der Waals surface area contributed by atoms with Crippen molar-refractivity contribution in [3.63, 3.8) is 0 Å². The van der Waals surface area contributed by atoms with Crippen molar-refractivity contribution >= 4 is 61.2 Å². The molecular weight excluding hydrogens is 514 g/mol. The second-order valence-electron chi connectivity index (χ2n) is 6.33. The maximum Gasteiger partial charge on any atom is 0.292 e. The van der Waals surface area contributed by atoms with E-state index in [1.54, 1.807) is 30.3 Å². The smallest absolute Gasteiger partial charge is 0.292 e. The van der Waals surface area contributed by atoms with Crippen molar-refractivity contribution in [2.24, 2.45) is 0 Å². The molecule has 10 heteroatoms. The number of nitrogens with zero attached hydrogens (tertiary/aromatic N) is 2. The van der Waals surface area contributed by atoms with Gasteiger partial charge in [-0.1, -0.05) is 17.4 Å². The Labute approximate surface area is 199 Å². The van der Waals surface area contributed by atoms with Crippen molar-refractivity contribution in [3.05, 3.63) is 68.8 Å². The number of halogens is 1. The number of thiophene rings is 1. The molecule has 1 aromatic carbocycles. The molecule has 0 aliphatic rings. The number of furan rings is 1. The van der Waals surface area contributed by atoms with Gasteiger partial charge >= 0.3 is 0 Å². The number of ether oxygens (including phenoxy) is 1. The van der Waals surface area contributed by atoms with Gasteiger partial charge in [0.25, 0.3) is 5.91 Å². The summed E-state index contributed by atoms with van der Waals surface area (Å²) >= 11 is 5.95. The summed E-state index contributed by atoms with van der Waals surface area (Å²) in [4.78, 5) is 18.0. The average Bonchev–Trinajstić information content (AvgIpc) is 3.55. The second-order valence-corrected chi connectivity index (χ2v) is 9.13. The third kappa shape index (κ3) is 4.45. The summed E-state index contributed by atoms with van der Waals surface area (Å²) in [5.74, 6) is 0.0138. The lowest BCUT2D eigenvalue weighted by atomic mass is 10.1. The first-order valence-electron chi connectivity index (χ1n) is 9.08. The number of aromatic hydroxyl groups is 1. The van der Waals surface area contributed by atoms with E-state index in [-0.39, 0.29) is 17.3 Å². The van der Waals surface area contributed by atoms with E-state index in [1.807, 2.05) is 17.5 Å². The van der Waals surface area contributed by atoms with Gasteiger partial charge in [-0.25, -0.2) is 4.98 Å². The standard InChI is InChI=1S/C22H14BrN3O4S2/c1-29-16-10-12(9-14(23)19(16)27)8-13(11-24)21-25-18(17-5-3-7-31-17)22(32-21)26-20(28)15-4-2-6-30-15/h2-10,27H,1H3,(H,26,28)/b13-8+. The normalized spacial score (nSPS) is 11.2. The third-order valence-corrected chi connectivity index (χ3v) is 6.77. The summed E-state index contributed by atoms with van der Waals surface area (Å²) in [7, 11) is 1.45. The first-order valence-corrected chi connectivity index (χ1v) is 11.6. The highest BCUT2D eigenvalue weighted by Gasteiger charge is 2.20. The fraction of sp³-hybridized carbons (Fsp3) is 0.0455. The van der Waals surface area contributed by atoms with Gasteiger partial charge in [0.05, 0.1) is 28.3 Å². The van der Waals surface area contributed by atoms with E-state index in [0.29, 0.717) is 31.3 Å². The predicted molar refractivity (Wildman–Crippen MR) is 128 cm³/mol. The molecule has 160 valence electrons. The lowest BCUT2D eigenvalue weighted by molar-refractivity contribution is 0.0997. The topological polar surface area (TPSA) is 108 Å². The Kier molecular flexibility index (Phi) is 6.41. The number of phenols is 1. The molecule has 0 unspecified atom stereocenters. The zero-order chi connectivity index (χ0) is 22.7. The molecule has 32 heavy (non-hydrogen) atoms. The number of phenolic OH excluding ortho intramolecular Hbond substituents is 1. The highest BCUT2D eigenvalue weighted by Crippen LogP contribution is 2.40. The molecule has 0 atom stereocenters. The molecule has 0 bridgehead atoms. The van der Waals surface area contributed by atoms with Gasteiger partial charge in [-0.05, 0) is 63.3 Å². The Morgan fingerprint density at radius 3 is 2.88 bits per heavy atom. The van der Waals surface area contributed by atoms with Crippen molar-refractivity contribution < 1.29 is 19.1 Å². The van der Waals surface area contributed by atoms with Crippen LogP contribution in [0.4, 0.5) is 5.00 Å². The van der Waals surface area contributed by atoms with E-state index in [4.69, 9.17) is 9.15 Å². The number of allylic oxidation sites excluding steroid dienone is 1. The molecule has 3 aromatic heterocycles. The molecule has 2 N–H and O–H groups in total. The van der Waals surface area contributed by atoms with Crippen LogP contribution in [0.3, 0.4) is 0 Å². The largest absolute Gasteiger partial charge is 0.503 e. The Hall–Kier alpha value is -3.39. The number of amides is 1. The summed E-state index contributed by atoms with van der Waals surface area (Å²) in [5.41, 5.74) is 1.51. The number of nitriles is 1. The molecular formula is C22H14BrN3O4S2. The molecule has 0 fully saturated rings. The van der Waals surface area contributed by atoms with Crippen molar-refractivity contribution in [2.75, 3.05) is 12.4 Å². The number of thiazole rings is 1. The number of methoxy groups -OCH3 is 1. The van der Waals surface area contributed by atoms with Gasteiger partial charge in [0.2, 0.25) is 0 Å². The number of carbonyl (C=O) groups is 1. The fourth-order valence-corrected chi connectivity index (χ4v) is 5.00. The highest BCUT2D eigenvalue weighted by atomic mass is 79.9. The van der Waals surface area contributed by atoms with Crippen LogP contribution in [0.2, 0.25) is 0 Å². The number of hydrogen-bond acceptors (Lipinski definition) is 8. The summed E-state index contributed by atoms with van der Waals surface area (Å²) in [6, 6.07) is 12.4. The molecule has 0 saturated heterocycles. The Balaban J connectivity index is 1.76. The Morgan fingerprint density at radius 1 is 1.38 bits per heavy atom. The summed E-state index contributed by atoms with van der Waals surface area (Å²) < 4.78 is 10.8. The van der Waals surface area contributed by atoms with Crippen LogP contribution in [-0.2, 0) is 0 Å². The first-order chi connectivity index (χ1) is 15.5. The lowest BCUT2D eigenvalue weighted by Gasteiger charge is -2.06. The summed E-state index contributed by atoms with van der Waals surface area (Å²) in [6.07, 6.45) is 3.07. The Bertz CT molecular complexity index is 1340. The quantitative estimate of drug-likeness (QED) is 0.286. The molecule has 3 heterocycles. The van der Waals surface area contributed by atoms with Crippen LogP contribution in [0.5, 0.6) is 11.5 Å². The van der Waals surface area contributed by atoms with Crippen LogP contribution >= 0.6 is 38.6 Å². The van der Waals surface area contributed by atoms with E-state index in [9.17, 15) is 15.2 Å². The van der Waals surface area contributed by atoms with E-state index in [0.717, 1.165) is 4.88 Å². The van der Waals surface area contributed by atoms with Gasteiger partial charge in [-0.3, -0.25) is 4.79 Å². The van der Waals surface area contributed by atoms with Crippen LogP contribution in [0.25, 0.3) is 22.2 Å². The maximum atomic E-state index is 12.5. The van der Waals surface area contributed by atoms with Gasteiger partial charge in [0.1, 0.15) is 21.8 Å². The minimum Gasteiger partial charge on any atom is -0.503 e. The molecule has 0 spiro atoms. The molecule has 0 aliphatic heterocycles. The first kappa shape index (κ1) is 21.8. The van der Waals surface area contributed by atoms with Crippen molar-refractivity contribution in [3.8, 4) is 28.1 Å². The SMILES string of the molecule is COc1cc(/C=C(\C#N)c2nc(-c3cccs3)c(NC(=O)c3ccco3)s2)cc(Br)c1O. The number of hydrogen-bond donors (Lipinski definition) is 2. The molecule has 7 nitrogen and oxygen atoms in total. The van der Waals surface area contributed by atoms with Crippen LogP contribution in [0, 0.1) is 11.3 Å². The number of nitrogens with one attached hydrogen (secondary N) is 1. The monoisotopic (exact) mass is 527 g/mol. The van der Waals surface area contributed by atoms with Crippen molar-refractivity contribution in [1.82, 2.24) is 4.98 Å². The van der Waals surface area contributed by atoms with Crippen molar-refractivity contribution in [1.29, 1.82) is 5.26 Å². The van der Waals surface area contributed by atoms with Crippen molar-refractivity contribution in [2.45, 2.75) is 0 Å². The second kappa shape index (κ2) is 9.40. The minimum absolute atomic E-state index is 0.0275. The minimum atomic E-state index is -0.405. The number of aromatic nitrogens is 1. The van der Waals surface area contributed by atoms with E-state index in [1.165, 1.54) is 36.0 Å². The number of anilines is 1. The maximum absolute atomic E-state index is 12.5. The molecule has 0 radical (unpaired) electrons. The van der Waals surface area contributed by atoms with E-state index in [2.05, 4.69) is 32.3 Å². The van der Waals surface area contributed by atoms with E-state index >= 15 is 0 Å². The summed E-state index contributed by atoms with van der Waals surface area (Å²) in [6.45, 7) is 0. The highest BCUT2D eigenvalue weighted by molar-refractivity contribution is 9.10. The molecule has 1 amide bonds. The lowest BCUT2D eigenvalue weighted by Crippen LogP contribution is -2.10. The fourth-order valence-electron chi connectivity index (χ4n) is 2.81. The third-order valence-electron chi connectivity index (χ3n) is 4.29. The van der Waals surface area contributed by atoms with Crippen LogP contribution in [0.15, 0.2) is 56.9 Å². The predicted octanol–water partition coefficient (Wildman–Crippen LogP) is 6.26. The number of rotatable bonds is 6. The zero-order valence-corrected chi connectivity index (χ0v) is 19.7. The van der Waals surface area contributed by atoms with Crippen LogP contribution in [-0.4, -0.2) is 23.1 Å². The van der Waals surface area contributed by atoms with Crippen LogP contribution < -0.4 is 10.1 Å². The average molecular weight is 528 g/mol. The summed E-state index contributed by atoms with van der Waals surface area (Å²) in [5, 5.41) is 25.5. The van der Waals surface area contributed by atoms with Gasteiger partial charge in [-0.15, -0.1) is 11.3 Å². The van der Waals surface area contributed by atoms with Gasteiger partial charge < -0.3 is 19.6 Å². The van der Waals surface area contributed by atoms with Gasteiger partial charge in [0.15, 0.2) is 17.3 Å². The Morgan fingerprint density at radius 2 is 2.22 bits per heavy atom. The van der Waals surface area contributed by atoms with Gasteiger partial charge in [-0.2, -0.15) is 5.26 Å².